The van der Waals surface area contributed by atoms with Gasteiger partial charge in [-0.2, -0.15) is 10.3 Å². The predicted molar refractivity (Wildman–Crippen MR) is 50.8 cm³/mol. The molecule has 2 N–H and O–H groups in total. The molecule has 1 aromatic heterocycles. The summed E-state index contributed by atoms with van der Waals surface area (Å²) in [5, 5.41) is 10.2. The van der Waals surface area contributed by atoms with E-state index in [0.29, 0.717) is 0 Å². The summed E-state index contributed by atoms with van der Waals surface area (Å²) in [5.41, 5.74) is 6.44. The number of rotatable bonds is 0. The average Bonchev–Trinajstić information content (AvgIpc) is 2.37. The number of hydrogen-bond donors (Lipinski definition) is 1. The fourth-order valence-electron chi connectivity index (χ4n) is 0.723. The number of nitrogens with zero attached hydrogens (tertiary/aromatic N) is 4. The Morgan fingerprint density at radius 1 is 1.77 bits per heavy atom. The van der Waals surface area contributed by atoms with Crippen LogP contribution in [-0.4, -0.2) is 10.5 Å². The summed E-state index contributed by atoms with van der Waals surface area (Å²) in [4.78, 5) is 7.98. The van der Waals surface area contributed by atoms with Gasteiger partial charge in [0.25, 0.3) is 0 Å². The Morgan fingerprint density at radius 2 is 2.46 bits per heavy atom. The lowest BCUT2D eigenvalue weighted by Gasteiger charge is -1.92. The van der Waals surface area contributed by atoms with Crippen molar-refractivity contribution in [2.75, 3.05) is 0 Å². The van der Waals surface area contributed by atoms with E-state index in [4.69, 9.17) is 11.0 Å². The van der Waals surface area contributed by atoms with Crippen LogP contribution in [0, 0.1) is 18.4 Å². The van der Waals surface area contributed by atoms with Gasteiger partial charge in [0, 0.05) is 18.1 Å². The molecule has 0 aliphatic rings. The number of hydrogen-bond acceptors (Lipinski definition) is 3. The van der Waals surface area contributed by atoms with Crippen LogP contribution in [0.25, 0.3) is 0 Å². The molecule has 0 saturated heterocycles. The van der Waals surface area contributed by atoms with Crippen molar-refractivity contribution in [1.82, 2.24) is 4.57 Å². The van der Waals surface area contributed by atoms with Crippen LogP contribution < -0.4 is 10.5 Å². The first-order chi connectivity index (χ1) is 6.15. The molecule has 0 unspecified atom stereocenters. The molecule has 0 saturated carbocycles. The van der Waals surface area contributed by atoms with E-state index in [1.807, 2.05) is 23.9 Å². The van der Waals surface area contributed by atoms with Gasteiger partial charge in [-0.05, 0) is 6.92 Å². The van der Waals surface area contributed by atoms with Gasteiger partial charge in [-0.3, -0.25) is 0 Å². The molecule has 0 fully saturated rings. The van der Waals surface area contributed by atoms with Gasteiger partial charge in [0.2, 0.25) is 12.2 Å². The summed E-state index contributed by atoms with van der Waals surface area (Å²) in [7, 11) is 1.88. The SMILES string of the molecule is Cc1csc(=NC(N)=NC#N)n1C. The Balaban J connectivity index is 3.17. The highest BCUT2D eigenvalue weighted by Crippen LogP contribution is 1.95. The van der Waals surface area contributed by atoms with Gasteiger partial charge in [0.1, 0.15) is 0 Å². The van der Waals surface area contributed by atoms with Crippen LogP contribution in [0.4, 0.5) is 0 Å². The van der Waals surface area contributed by atoms with Crippen LogP contribution in [0.3, 0.4) is 0 Å². The fraction of sp³-hybridized carbons (Fsp3) is 0.286. The zero-order valence-electron chi connectivity index (χ0n) is 7.35. The van der Waals surface area contributed by atoms with Crippen LogP contribution in [0.5, 0.6) is 0 Å². The second kappa shape index (κ2) is 3.87. The average molecular weight is 195 g/mol. The maximum atomic E-state index is 8.21. The molecule has 1 rings (SSSR count). The molecule has 6 heteroatoms. The molecule has 0 radical (unpaired) electrons. The molecule has 1 aromatic rings. The van der Waals surface area contributed by atoms with Crippen LogP contribution in [0.1, 0.15) is 5.69 Å². The number of aliphatic imine (C=N–C) groups is 1. The summed E-state index contributed by atoms with van der Waals surface area (Å²) < 4.78 is 1.88. The largest absolute Gasteiger partial charge is 0.367 e. The van der Waals surface area contributed by atoms with Crippen LogP contribution >= 0.6 is 11.3 Å². The molecule has 0 aliphatic carbocycles. The fourth-order valence-corrected chi connectivity index (χ4v) is 1.60. The normalized spacial score (nSPS) is 13.0. The minimum absolute atomic E-state index is 0.0139. The number of nitriles is 1. The van der Waals surface area contributed by atoms with Gasteiger partial charge in [-0.15, -0.1) is 16.3 Å². The van der Waals surface area contributed by atoms with E-state index >= 15 is 0 Å². The van der Waals surface area contributed by atoms with Crippen molar-refractivity contribution in [3.8, 4) is 6.19 Å². The van der Waals surface area contributed by atoms with Crippen molar-refractivity contribution in [2.45, 2.75) is 6.92 Å². The van der Waals surface area contributed by atoms with E-state index in [1.54, 1.807) is 6.19 Å². The topological polar surface area (TPSA) is 79.5 Å². The van der Waals surface area contributed by atoms with Gasteiger partial charge in [0.15, 0.2) is 4.80 Å². The first-order valence-electron chi connectivity index (χ1n) is 3.53. The minimum atomic E-state index is -0.0139. The lowest BCUT2D eigenvalue weighted by Crippen LogP contribution is -2.18. The summed E-state index contributed by atoms with van der Waals surface area (Å²) in [6, 6.07) is 0. The Morgan fingerprint density at radius 3 is 2.92 bits per heavy atom. The van der Waals surface area contributed by atoms with Crippen molar-refractivity contribution < 1.29 is 0 Å². The van der Waals surface area contributed by atoms with Crippen molar-refractivity contribution in [1.29, 1.82) is 5.26 Å². The summed E-state index contributed by atoms with van der Waals surface area (Å²) >= 11 is 1.46. The molecular weight excluding hydrogens is 186 g/mol. The Bertz CT molecular complexity index is 430. The number of nitrogens with two attached hydrogens (primary N) is 1. The molecule has 0 aromatic carbocycles. The van der Waals surface area contributed by atoms with E-state index in [1.165, 1.54) is 11.3 Å². The Labute approximate surface area is 79.5 Å². The number of aromatic nitrogens is 1. The molecule has 68 valence electrons. The Kier molecular flexibility index (Phi) is 2.82. The highest BCUT2D eigenvalue weighted by molar-refractivity contribution is 7.07. The predicted octanol–water partition coefficient (Wildman–Crippen LogP) is 0.0915. The molecule has 0 bridgehead atoms. The second-order valence-corrected chi connectivity index (χ2v) is 3.24. The number of aryl methyl sites for hydroxylation is 1. The third-order valence-corrected chi connectivity index (χ3v) is 2.56. The number of thiazole rings is 1. The molecule has 0 aliphatic heterocycles. The smallest absolute Gasteiger partial charge is 0.233 e. The third kappa shape index (κ3) is 2.16. The van der Waals surface area contributed by atoms with E-state index in [-0.39, 0.29) is 5.96 Å². The summed E-state index contributed by atoms with van der Waals surface area (Å²) in [5.74, 6) is -0.0139. The van der Waals surface area contributed by atoms with E-state index in [0.717, 1.165) is 10.5 Å². The van der Waals surface area contributed by atoms with Crippen molar-refractivity contribution in [3.63, 3.8) is 0 Å². The number of guanidine groups is 1. The minimum Gasteiger partial charge on any atom is -0.367 e. The molecule has 5 nitrogen and oxygen atoms in total. The third-order valence-electron chi connectivity index (χ3n) is 1.53. The van der Waals surface area contributed by atoms with Gasteiger partial charge in [0.05, 0.1) is 0 Å². The van der Waals surface area contributed by atoms with Gasteiger partial charge in [-0.25, -0.2) is 0 Å². The Hall–Kier alpha value is -1.61. The first-order valence-corrected chi connectivity index (χ1v) is 4.41. The zero-order valence-corrected chi connectivity index (χ0v) is 8.17. The van der Waals surface area contributed by atoms with Crippen molar-refractivity contribution in [3.05, 3.63) is 15.9 Å². The second-order valence-electron chi connectivity index (χ2n) is 2.40. The zero-order chi connectivity index (χ0) is 9.84. The standard InChI is InChI=1S/C7H9N5S/c1-5-3-13-7(12(5)2)11-6(9)10-4-8/h3H,1-2H3,(H2,9,10). The van der Waals surface area contributed by atoms with Crippen molar-refractivity contribution in [2.24, 2.45) is 22.8 Å². The summed E-state index contributed by atoms with van der Waals surface area (Å²) in [6.07, 6.45) is 1.58. The summed E-state index contributed by atoms with van der Waals surface area (Å²) in [6.45, 7) is 1.97. The maximum Gasteiger partial charge on any atom is 0.233 e. The molecule has 1 heterocycles. The van der Waals surface area contributed by atoms with Crippen LogP contribution in [-0.2, 0) is 7.05 Å². The van der Waals surface area contributed by atoms with E-state index < -0.39 is 0 Å². The highest BCUT2D eigenvalue weighted by Gasteiger charge is 1.95. The van der Waals surface area contributed by atoms with E-state index in [2.05, 4.69) is 9.98 Å². The van der Waals surface area contributed by atoms with Crippen LogP contribution in [0.2, 0.25) is 0 Å². The molecule has 0 spiro atoms. The monoisotopic (exact) mass is 195 g/mol. The van der Waals surface area contributed by atoms with Gasteiger partial charge in [-0.1, -0.05) is 0 Å². The lowest BCUT2D eigenvalue weighted by atomic mass is 10.6. The molecule has 13 heavy (non-hydrogen) atoms. The highest BCUT2D eigenvalue weighted by atomic mass is 32.1. The van der Waals surface area contributed by atoms with Crippen molar-refractivity contribution >= 4 is 17.3 Å². The first kappa shape index (κ1) is 9.48. The van der Waals surface area contributed by atoms with Gasteiger partial charge < -0.3 is 10.3 Å². The van der Waals surface area contributed by atoms with Gasteiger partial charge >= 0.3 is 0 Å². The van der Waals surface area contributed by atoms with Crippen LogP contribution in [0.15, 0.2) is 15.4 Å². The lowest BCUT2D eigenvalue weighted by molar-refractivity contribution is 0.837. The maximum absolute atomic E-state index is 8.21. The van der Waals surface area contributed by atoms with E-state index in [9.17, 15) is 0 Å². The molecule has 0 atom stereocenters. The molecule has 0 amide bonds. The quantitative estimate of drug-likeness (QED) is 0.362. The molecular formula is C7H9N5S.